The van der Waals surface area contributed by atoms with Gasteiger partial charge in [0, 0.05) is 29.0 Å². The topological polar surface area (TPSA) is 39.1 Å². The van der Waals surface area contributed by atoms with Crippen LogP contribution in [-0.4, -0.2) is 31.3 Å². The van der Waals surface area contributed by atoms with E-state index in [1.165, 1.54) is 30.2 Å². The summed E-state index contributed by atoms with van der Waals surface area (Å²) in [5, 5.41) is 11.9. The van der Waals surface area contributed by atoms with Gasteiger partial charge in [0.2, 0.25) is 0 Å². The summed E-state index contributed by atoms with van der Waals surface area (Å²) >= 11 is 5.92. The number of nitrogens with one attached hydrogen (secondary N) is 2. The lowest BCUT2D eigenvalue weighted by Gasteiger charge is -2.29. The first-order valence-corrected chi connectivity index (χ1v) is 8.85. The predicted molar refractivity (Wildman–Crippen MR) is 103 cm³/mol. The molecule has 24 heavy (non-hydrogen) atoms. The van der Waals surface area contributed by atoms with Crippen molar-refractivity contribution in [2.75, 3.05) is 25.5 Å². The Hall–Kier alpha value is -1.84. The summed E-state index contributed by atoms with van der Waals surface area (Å²) in [4.78, 5) is 2.38. The highest BCUT2D eigenvalue weighted by molar-refractivity contribution is 6.30. The van der Waals surface area contributed by atoms with E-state index in [-0.39, 0.29) is 0 Å². The van der Waals surface area contributed by atoms with Crippen LogP contribution >= 0.6 is 11.6 Å². The van der Waals surface area contributed by atoms with Gasteiger partial charge in [-0.15, -0.1) is 0 Å². The minimum Gasteiger partial charge on any atom is -0.380 e. The minimum atomic E-state index is 0.616. The monoisotopic (exact) mass is 341 g/mol. The smallest absolute Gasteiger partial charge is 0.0432 e. The first-order valence-electron chi connectivity index (χ1n) is 8.47. The van der Waals surface area contributed by atoms with E-state index in [0.29, 0.717) is 5.92 Å². The van der Waals surface area contributed by atoms with Crippen molar-refractivity contribution >= 4 is 23.5 Å². The maximum absolute atomic E-state index is 7.75. The molecule has 0 unspecified atom stereocenters. The molecule has 1 aliphatic heterocycles. The molecule has 1 fully saturated rings. The largest absolute Gasteiger partial charge is 0.380 e. The minimum absolute atomic E-state index is 0.616. The van der Waals surface area contributed by atoms with Crippen LogP contribution in [0.15, 0.2) is 42.5 Å². The molecule has 1 aliphatic rings. The zero-order chi connectivity index (χ0) is 16.9. The van der Waals surface area contributed by atoms with Crippen molar-refractivity contribution in [2.24, 2.45) is 0 Å². The Morgan fingerprint density at radius 2 is 1.88 bits per heavy atom. The Labute approximate surface area is 149 Å². The second-order valence-corrected chi connectivity index (χ2v) is 6.99. The second kappa shape index (κ2) is 7.82. The number of rotatable bonds is 5. The van der Waals surface area contributed by atoms with Gasteiger partial charge in [-0.25, -0.2) is 0 Å². The van der Waals surface area contributed by atoms with Crippen molar-refractivity contribution in [3.63, 3.8) is 0 Å². The SMILES string of the molecule is CN1CCC(c2ccc(NCc3ccc(Cl)cc3)c(C=N)c2)CC1. The summed E-state index contributed by atoms with van der Waals surface area (Å²) in [5.74, 6) is 0.616. The molecule has 0 bridgehead atoms. The van der Waals surface area contributed by atoms with Gasteiger partial charge in [-0.3, -0.25) is 0 Å². The zero-order valence-corrected chi connectivity index (χ0v) is 14.8. The summed E-state index contributed by atoms with van der Waals surface area (Å²) in [6, 6.07) is 14.3. The summed E-state index contributed by atoms with van der Waals surface area (Å²) in [7, 11) is 2.18. The van der Waals surface area contributed by atoms with Gasteiger partial charge in [-0.2, -0.15) is 0 Å². The van der Waals surface area contributed by atoms with Crippen LogP contribution in [0, 0.1) is 5.41 Å². The van der Waals surface area contributed by atoms with E-state index in [0.717, 1.165) is 35.9 Å². The maximum Gasteiger partial charge on any atom is 0.0432 e. The third-order valence-corrected chi connectivity index (χ3v) is 5.07. The lowest BCUT2D eigenvalue weighted by atomic mass is 9.88. The van der Waals surface area contributed by atoms with E-state index in [4.69, 9.17) is 17.0 Å². The molecule has 0 aromatic heterocycles. The van der Waals surface area contributed by atoms with Crippen LogP contribution in [0.2, 0.25) is 5.02 Å². The van der Waals surface area contributed by atoms with E-state index < -0.39 is 0 Å². The first-order chi connectivity index (χ1) is 11.7. The van der Waals surface area contributed by atoms with Gasteiger partial charge in [0.1, 0.15) is 0 Å². The Morgan fingerprint density at radius 1 is 1.17 bits per heavy atom. The van der Waals surface area contributed by atoms with Crippen molar-refractivity contribution in [3.8, 4) is 0 Å². The fourth-order valence-corrected chi connectivity index (χ4v) is 3.38. The number of nitrogens with zero attached hydrogens (tertiary/aromatic N) is 1. The van der Waals surface area contributed by atoms with Crippen molar-refractivity contribution in [2.45, 2.75) is 25.3 Å². The molecule has 0 spiro atoms. The zero-order valence-electron chi connectivity index (χ0n) is 14.1. The quantitative estimate of drug-likeness (QED) is 0.770. The van der Waals surface area contributed by atoms with Gasteiger partial charge in [0.25, 0.3) is 0 Å². The number of benzene rings is 2. The van der Waals surface area contributed by atoms with Crippen molar-refractivity contribution in [1.82, 2.24) is 4.90 Å². The molecule has 2 aromatic rings. The summed E-state index contributed by atoms with van der Waals surface area (Å²) < 4.78 is 0. The van der Waals surface area contributed by atoms with Gasteiger partial charge < -0.3 is 15.6 Å². The van der Waals surface area contributed by atoms with Crippen LogP contribution in [0.5, 0.6) is 0 Å². The third-order valence-electron chi connectivity index (χ3n) is 4.82. The van der Waals surface area contributed by atoms with Gasteiger partial charge in [0.05, 0.1) is 0 Å². The standard InChI is InChI=1S/C20H24ClN3/c1-24-10-8-16(9-11-24)17-4-7-20(18(12-17)13-22)23-14-15-2-5-19(21)6-3-15/h2-7,12-13,16,22-23H,8-11,14H2,1H3. The van der Waals surface area contributed by atoms with E-state index in [9.17, 15) is 0 Å². The molecule has 0 amide bonds. The molecule has 4 heteroatoms. The van der Waals surface area contributed by atoms with Crippen LogP contribution in [-0.2, 0) is 6.54 Å². The third kappa shape index (κ3) is 4.16. The molecule has 2 N–H and O–H groups in total. The Balaban J connectivity index is 1.69. The normalized spacial score (nSPS) is 16.1. The molecule has 0 saturated carbocycles. The van der Waals surface area contributed by atoms with Crippen LogP contribution in [0.25, 0.3) is 0 Å². The molecule has 1 saturated heterocycles. The van der Waals surface area contributed by atoms with E-state index in [2.05, 4.69) is 35.5 Å². The number of anilines is 1. The molecule has 0 aliphatic carbocycles. The molecule has 126 valence electrons. The van der Waals surface area contributed by atoms with E-state index >= 15 is 0 Å². The molecule has 1 heterocycles. The number of likely N-dealkylation sites (tertiary alicyclic amines) is 1. The molecular formula is C20H24ClN3. The van der Waals surface area contributed by atoms with Crippen molar-refractivity contribution in [3.05, 3.63) is 64.2 Å². The first kappa shape index (κ1) is 17.0. The van der Waals surface area contributed by atoms with Gasteiger partial charge in [-0.1, -0.05) is 29.8 Å². The van der Waals surface area contributed by atoms with E-state index in [1.54, 1.807) is 0 Å². The molecule has 0 radical (unpaired) electrons. The Morgan fingerprint density at radius 3 is 2.54 bits per heavy atom. The Kier molecular flexibility index (Phi) is 5.54. The molecular weight excluding hydrogens is 318 g/mol. The van der Waals surface area contributed by atoms with Crippen LogP contribution in [0.4, 0.5) is 5.69 Å². The molecule has 0 atom stereocenters. The summed E-state index contributed by atoms with van der Waals surface area (Å²) in [5.41, 5.74) is 4.50. The van der Waals surface area contributed by atoms with Crippen LogP contribution in [0.3, 0.4) is 0 Å². The van der Waals surface area contributed by atoms with Gasteiger partial charge in [0.15, 0.2) is 0 Å². The summed E-state index contributed by atoms with van der Waals surface area (Å²) in [6.45, 7) is 3.04. The van der Waals surface area contributed by atoms with Gasteiger partial charge in [-0.05, 0) is 74.3 Å². The number of piperidine rings is 1. The fraction of sp³-hybridized carbons (Fsp3) is 0.350. The lowest BCUT2D eigenvalue weighted by molar-refractivity contribution is 0.255. The highest BCUT2D eigenvalue weighted by atomic mass is 35.5. The van der Waals surface area contributed by atoms with Crippen LogP contribution in [0.1, 0.15) is 35.4 Å². The average molecular weight is 342 g/mol. The number of hydrogen-bond acceptors (Lipinski definition) is 3. The molecule has 3 rings (SSSR count). The van der Waals surface area contributed by atoms with Gasteiger partial charge >= 0.3 is 0 Å². The predicted octanol–water partition coefficient (Wildman–Crippen LogP) is 4.76. The number of halogens is 1. The second-order valence-electron chi connectivity index (χ2n) is 6.55. The lowest BCUT2D eigenvalue weighted by Crippen LogP contribution is -2.29. The Bertz CT molecular complexity index is 689. The average Bonchev–Trinajstić information content (AvgIpc) is 2.62. The summed E-state index contributed by atoms with van der Waals surface area (Å²) in [6.07, 6.45) is 3.85. The van der Waals surface area contributed by atoms with Crippen LogP contribution < -0.4 is 5.32 Å². The highest BCUT2D eigenvalue weighted by Crippen LogP contribution is 2.30. The maximum atomic E-state index is 7.75. The molecule has 3 nitrogen and oxygen atoms in total. The van der Waals surface area contributed by atoms with E-state index in [1.807, 2.05) is 24.3 Å². The van der Waals surface area contributed by atoms with Crippen molar-refractivity contribution in [1.29, 1.82) is 5.41 Å². The van der Waals surface area contributed by atoms with Crippen molar-refractivity contribution < 1.29 is 0 Å². The molecule has 2 aromatic carbocycles. The number of hydrogen-bond donors (Lipinski definition) is 2. The highest BCUT2D eigenvalue weighted by Gasteiger charge is 2.19. The fourth-order valence-electron chi connectivity index (χ4n) is 3.26.